The minimum Gasteiger partial charge on any atom is -0.496 e. The van der Waals surface area contributed by atoms with E-state index in [0.29, 0.717) is 41.3 Å². The lowest BCUT2D eigenvalue weighted by atomic mass is 9.92. The lowest BCUT2D eigenvalue weighted by Gasteiger charge is -2.27. The molecule has 8 heteroatoms. The monoisotopic (exact) mass is 561 g/mol. The number of nitrogens with zero attached hydrogens (tertiary/aromatic N) is 2. The number of hydrogen-bond donors (Lipinski definition) is 1. The van der Waals surface area contributed by atoms with Gasteiger partial charge < -0.3 is 18.8 Å². The third kappa shape index (κ3) is 4.58. The summed E-state index contributed by atoms with van der Waals surface area (Å²) in [7, 11) is 1.61. The molecule has 1 N–H and O–H groups in total. The Bertz CT molecular complexity index is 1820. The molecule has 8 nitrogen and oxygen atoms in total. The van der Waals surface area contributed by atoms with Gasteiger partial charge in [-0.25, -0.2) is 0 Å². The second-order valence-corrected chi connectivity index (χ2v) is 10.6. The van der Waals surface area contributed by atoms with Crippen LogP contribution in [0.4, 0.5) is 0 Å². The number of hydrogen-bond acceptors (Lipinski definition) is 6. The van der Waals surface area contributed by atoms with Crippen LogP contribution in [0.1, 0.15) is 26.3 Å². The van der Waals surface area contributed by atoms with E-state index in [0.717, 1.165) is 65.8 Å². The number of ether oxygens (including phenoxy) is 3. The number of carbonyl (C=O) groups is 2. The van der Waals surface area contributed by atoms with Crippen LogP contribution in [-0.2, 0) is 17.9 Å². The highest BCUT2D eigenvalue weighted by molar-refractivity contribution is 6.32. The summed E-state index contributed by atoms with van der Waals surface area (Å²) >= 11 is 0. The third-order valence-corrected chi connectivity index (χ3v) is 8.20. The molecule has 5 aromatic rings. The zero-order chi connectivity index (χ0) is 28.6. The van der Waals surface area contributed by atoms with E-state index in [-0.39, 0.29) is 5.91 Å². The fourth-order valence-corrected chi connectivity index (χ4v) is 6.14. The van der Waals surface area contributed by atoms with Crippen LogP contribution in [0, 0.1) is 0 Å². The summed E-state index contributed by atoms with van der Waals surface area (Å²) in [5, 5.41) is 4.20. The van der Waals surface area contributed by atoms with Gasteiger partial charge in [0.15, 0.2) is 0 Å². The van der Waals surface area contributed by atoms with Crippen molar-refractivity contribution in [2.24, 2.45) is 0 Å². The molecule has 212 valence electrons. The van der Waals surface area contributed by atoms with E-state index in [1.54, 1.807) is 7.11 Å². The average Bonchev–Trinajstić information content (AvgIpc) is 3.51. The summed E-state index contributed by atoms with van der Waals surface area (Å²) in [4.78, 5) is 29.1. The number of carbonyl (C=O) groups excluding carboxylic acids is 2. The third-order valence-electron chi connectivity index (χ3n) is 8.20. The highest BCUT2D eigenvalue weighted by Crippen LogP contribution is 2.43. The van der Waals surface area contributed by atoms with E-state index in [4.69, 9.17) is 14.2 Å². The van der Waals surface area contributed by atoms with Crippen molar-refractivity contribution in [3.8, 4) is 22.6 Å². The van der Waals surface area contributed by atoms with Crippen molar-refractivity contribution in [3.05, 3.63) is 95.6 Å². The smallest absolute Gasteiger partial charge is 0.259 e. The van der Waals surface area contributed by atoms with Crippen LogP contribution in [-0.4, -0.2) is 61.2 Å². The number of fused-ring (bicyclic) bond motifs is 5. The maximum Gasteiger partial charge on any atom is 0.259 e. The molecule has 1 fully saturated rings. The van der Waals surface area contributed by atoms with E-state index >= 15 is 0 Å². The molecule has 3 heterocycles. The number of benzene rings is 4. The molecule has 0 radical (unpaired) electrons. The number of imide groups is 1. The molecule has 2 amide bonds. The first-order chi connectivity index (χ1) is 20.6. The van der Waals surface area contributed by atoms with Crippen molar-refractivity contribution in [2.75, 3.05) is 40.0 Å². The minimum atomic E-state index is -0.400. The summed E-state index contributed by atoms with van der Waals surface area (Å²) < 4.78 is 19.7. The quantitative estimate of drug-likeness (QED) is 0.260. The number of morpholine rings is 1. The van der Waals surface area contributed by atoms with E-state index < -0.39 is 5.91 Å². The minimum absolute atomic E-state index is 0.375. The van der Waals surface area contributed by atoms with Gasteiger partial charge in [-0.05, 0) is 35.9 Å². The lowest BCUT2D eigenvalue weighted by Crippen LogP contribution is -2.38. The van der Waals surface area contributed by atoms with Crippen molar-refractivity contribution >= 4 is 33.6 Å². The van der Waals surface area contributed by atoms with Crippen LogP contribution in [0.25, 0.3) is 32.9 Å². The molecule has 7 rings (SSSR count). The highest BCUT2D eigenvalue weighted by Gasteiger charge is 2.35. The van der Waals surface area contributed by atoms with Crippen molar-refractivity contribution in [1.82, 2.24) is 14.8 Å². The molecule has 1 saturated heterocycles. The van der Waals surface area contributed by atoms with Crippen LogP contribution < -0.4 is 14.8 Å². The number of aromatic nitrogens is 1. The first-order valence-corrected chi connectivity index (χ1v) is 14.2. The second kappa shape index (κ2) is 11.0. The van der Waals surface area contributed by atoms with Gasteiger partial charge in [0, 0.05) is 53.6 Å². The average molecular weight is 562 g/mol. The molecule has 0 spiro atoms. The standard InChI is InChI=1S/C34H31N3O5/c1-40-29-10-6-5-9-24(29)25-20-28-30(32-31(25)33(38)35-34(32)39)26-19-23(42-21-22-7-3-2-4-8-22)11-12-27(26)37(28)14-13-36-15-17-41-18-16-36/h2-12,19-20H,13-18,21H2,1H3,(H,35,38,39). The Kier molecular flexibility index (Phi) is 6.85. The maximum atomic E-state index is 13.5. The largest absolute Gasteiger partial charge is 0.496 e. The summed E-state index contributed by atoms with van der Waals surface area (Å²) in [5.41, 5.74) is 5.15. The molecule has 2 aliphatic rings. The SMILES string of the molecule is COc1ccccc1-c1cc2c(c3c1C(=O)NC3=O)c1cc(OCc3ccccc3)ccc1n2CCN1CCOCC1. The van der Waals surface area contributed by atoms with Gasteiger partial charge >= 0.3 is 0 Å². The Balaban J connectivity index is 1.43. The molecule has 0 atom stereocenters. The molecule has 2 aliphatic heterocycles. The molecule has 0 bridgehead atoms. The zero-order valence-electron chi connectivity index (χ0n) is 23.4. The lowest BCUT2D eigenvalue weighted by molar-refractivity contribution is 0.0366. The molecular formula is C34H31N3O5. The Hall–Kier alpha value is -4.66. The van der Waals surface area contributed by atoms with Crippen LogP contribution >= 0.6 is 0 Å². The molecule has 0 aliphatic carbocycles. The van der Waals surface area contributed by atoms with Gasteiger partial charge in [0.1, 0.15) is 18.1 Å². The van der Waals surface area contributed by atoms with Crippen LogP contribution in [0.15, 0.2) is 78.9 Å². The molecule has 0 unspecified atom stereocenters. The summed E-state index contributed by atoms with van der Waals surface area (Å²) in [6.07, 6.45) is 0. The van der Waals surface area contributed by atoms with Crippen molar-refractivity contribution in [1.29, 1.82) is 0 Å². The highest BCUT2D eigenvalue weighted by atomic mass is 16.5. The Labute approximate surface area is 243 Å². The van der Waals surface area contributed by atoms with E-state index in [1.165, 1.54) is 0 Å². The van der Waals surface area contributed by atoms with E-state index in [2.05, 4.69) is 20.9 Å². The number of methoxy groups -OCH3 is 1. The van der Waals surface area contributed by atoms with E-state index in [1.807, 2.05) is 72.8 Å². The van der Waals surface area contributed by atoms with Crippen molar-refractivity contribution < 1.29 is 23.8 Å². The summed E-state index contributed by atoms with van der Waals surface area (Å²) in [6, 6.07) is 25.7. The first kappa shape index (κ1) is 26.3. The van der Waals surface area contributed by atoms with Crippen LogP contribution in [0.5, 0.6) is 11.5 Å². The van der Waals surface area contributed by atoms with Crippen LogP contribution in [0.3, 0.4) is 0 Å². The molecular weight excluding hydrogens is 530 g/mol. The topological polar surface area (TPSA) is 82.0 Å². The normalized spacial score (nSPS) is 15.3. The van der Waals surface area contributed by atoms with Crippen LogP contribution in [0.2, 0.25) is 0 Å². The second-order valence-electron chi connectivity index (χ2n) is 10.6. The number of rotatable bonds is 8. The predicted octanol–water partition coefficient (Wildman–Crippen LogP) is 5.26. The molecule has 42 heavy (non-hydrogen) atoms. The number of para-hydroxylation sites is 1. The van der Waals surface area contributed by atoms with Gasteiger partial charge in [-0.15, -0.1) is 0 Å². The fourth-order valence-electron chi connectivity index (χ4n) is 6.14. The number of nitrogens with one attached hydrogen (secondary N) is 1. The maximum absolute atomic E-state index is 13.5. The van der Waals surface area contributed by atoms with E-state index in [9.17, 15) is 9.59 Å². The van der Waals surface area contributed by atoms with Gasteiger partial charge in [0.2, 0.25) is 0 Å². The van der Waals surface area contributed by atoms with Crippen molar-refractivity contribution in [3.63, 3.8) is 0 Å². The molecule has 0 saturated carbocycles. The summed E-state index contributed by atoms with van der Waals surface area (Å²) in [6.45, 7) is 5.19. The van der Waals surface area contributed by atoms with Crippen molar-refractivity contribution in [2.45, 2.75) is 13.2 Å². The zero-order valence-corrected chi connectivity index (χ0v) is 23.4. The Morgan fingerprint density at radius 2 is 1.57 bits per heavy atom. The first-order valence-electron chi connectivity index (χ1n) is 14.2. The van der Waals surface area contributed by atoms with Gasteiger partial charge in [-0.2, -0.15) is 0 Å². The predicted molar refractivity (Wildman–Crippen MR) is 161 cm³/mol. The fraction of sp³-hybridized carbons (Fsp3) is 0.235. The van der Waals surface area contributed by atoms with Gasteiger partial charge in [0.25, 0.3) is 11.8 Å². The Morgan fingerprint density at radius 1 is 0.810 bits per heavy atom. The molecule has 4 aromatic carbocycles. The molecule has 1 aromatic heterocycles. The van der Waals surface area contributed by atoms with Gasteiger partial charge in [0.05, 0.1) is 37.0 Å². The van der Waals surface area contributed by atoms with Gasteiger partial charge in [-0.1, -0.05) is 48.5 Å². The summed E-state index contributed by atoms with van der Waals surface area (Å²) in [5.74, 6) is 0.549. The Morgan fingerprint density at radius 3 is 2.38 bits per heavy atom. The number of amides is 2. The van der Waals surface area contributed by atoms with Gasteiger partial charge in [-0.3, -0.25) is 19.8 Å².